The number of benzene rings is 4. The van der Waals surface area contributed by atoms with E-state index in [1.165, 1.54) is 25.6 Å². The van der Waals surface area contributed by atoms with Crippen molar-refractivity contribution in [1.29, 1.82) is 0 Å². The Balaban J connectivity index is 1.51. The molecule has 29 heavy (non-hydrogen) atoms. The fourth-order valence-corrected chi connectivity index (χ4v) is 6.55. The molecule has 0 aliphatic heterocycles. The first-order valence-electron chi connectivity index (χ1n) is 9.48. The van der Waals surface area contributed by atoms with Gasteiger partial charge in [0.2, 0.25) is 0 Å². The van der Waals surface area contributed by atoms with E-state index in [1.807, 2.05) is 12.1 Å². The van der Waals surface area contributed by atoms with E-state index in [-0.39, 0.29) is 0 Å². The summed E-state index contributed by atoms with van der Waals surface area (Å²) in [6.07, 6.45) is 0. The van der Waals surface area contributed by atoms with E-state index >= 15 is 0 Å². The first-order chi connectivity index (χ1) is 14.3. The second-order valence-corrected chi connectivity index (χ2v) is 9.26. The highest BCUT2D eigenvalue weighted by Gasteiger charge is 2.17. The van der Waals surface area contributed by atoms with Gasteiger partial charge in [0.05, 0.1) is 10.3 Å². The second kappa shape index (κ2) is 5.66. The van der Waals surface area contributed by atoms with Crippen molar-refractivity contribution < 1.29 is 4.42 Å². The van der Waals surface area contributed by atoms with Crippen molar-refractivity contribution >= 4 is 75.0 Å². The van der Waals surface area contributed by atoms with Crippen LogP contribution in [0.1, 0.15) is 0 Å². The Hall–Kier alpha value is -3.21. The Kier molecular flexibility index (Phi) is 3.06. The molecule has 0 amide bonds. The first kappa shape index (κ1) is 15.7. The van der Waals surface area contributed by atoms with Crippen molar-refractivity contribution in [3.05, 3.63) is 78.9 Å². The summed E-state index contributed by atoms with van der Waals surface area (Å²) in [5.74, 6) is 0. The van der Waals surface area contributed by atoms with Gasteiger partial charge in [0.25, 0.3) is 0 Å². The molecule has 0 radical (unpaired) electrons. The molecule has 3 aromatic heterocycles. The van der Waals surface area contributed by atoms with Crippen LogP contribution in [0.25, 0.3) is 62.9 Å². The predicted molar refractivity (Wildman–Crippen MR) is 125 cm³/mol. The van der Waals surface area contributed by atoms with Crippen molar-refractivity contribution in [1.82, 2.24) is 4.98 Å². The van der Waals surface area contributed by atoms with Crippen LogP contribution >= 0.6 is 22.7 Å². The molecule has 7 rings (SSSR count). The lowest BCUT2D eigenvalue weighted by molar-refractivity contribution is 0.670. The van der Waals surface area contributed by atoms with E-state index in [0.717, 1.165) is 37.3 Å². The fraction of sp³-hybridized carbons (Fsp3) is 0. The predicted octanol–water partition coefficient (Wildman–Crippen LogP) is 8.23. The summed E-state index contributed by atoms with van der Waals surface area (Å²) in [5, 5.41) is 7.16. The van der Waals surface area contributed by atoms with Crippen LogP contribution in [0.15, 0.2) is 83.3 Å². The van der Waals surface area contributed by atoms with Crippen LogP contribution in [-0.4, -0.2) is 4.98 Å². The van der Waals surface area contributed by atoms with Crippen molar-refractivity contribution in [2.75, 3.05) is 0 Å². The average Bonchev–Trinajstić information content (AvgIpc) is 3.42. The topological polar surface area (TPSA) is 26.0 Å². The number of para-hydroxylation sites is 2. The molecule has 0 fully saturated rings. The van der Waals surface area contributed by atoms with Crippen LogP contribution in [0.5, 0.6) is 0 Å². The summed E-state index contributed by atoms with van der Waals surface area (Å²) in [4.78, 5) is 6.11. The lowest BCUT2D eigenvalue weighted by atomic mass is 10.1. The number of nitrogens with zero attached hydrogens (tertiary/aromatic N) is 1. The Morgan fingerprint density at radius 3 is 2.41 bits per heavy atom. The minimum atomic E-state index is 0.921. The minimum absolute atomic E-state index is 0.921. The van der Waals surface area contributed by atoms with Gasteiger partial charge in [0.15, 0.2) is 0 Å². The minimum Gasteiger partial charge on any atom is -0.455 e. The molecular weight excluding hydrogens is 394 g/mol. The third kappa shape index (κ3) is 2.18. The lowest BCUT2D eigenvalue weighted by Gasteiger charge is -1.99. The van der Waals surface area contributed by atoms with Crippen LogP contribution < -0.4 is 0 Å². The number of thiazole rings is 1. The molecule has 0 bridgehead atoms. The molecule has 7 aromatic rings. The quantitative estimate of drug-likeness (QED) is 0.274. The van der Waals surface area contributed by atoms with Gasteiger partial charge in [-0.05, 0) is 35.0 Å². The summed E-state index contributed by atoms with van der Waals surface area (Å²) < 4.78 is 8.79. The summed E-state index contributed by atoms with van der Waals surface area (Å²) in [5.41, 5.74) is 2.91. The van der Waals surface area contributed by atoms with Gasteiger partial charge < -0.3 is 4.42 Å². The van der Waals surface area contributed by atoms with Crippen LogP contribution in [0, 0.1) is 0 Å². The molecule has 0 atom stereocenters. The smallest absolute Gasteiger partial charge is 0.145 e. The Morgan fingerprint density at radius 1 is 0.690 bits per heavy atom. The Labute approximate surface area is 173 Å². The molecule has 0 aliphatic carbocycles. The molecule has 0 aliphatic rings. The second-order valence-electron chi connectivity index (χ2n) is 7.23. The lowest BCUT2D eigenvalue weighted by Crippen LogP contribution is -1.76. The third-order valence-electron chi connectivity index (χ3n) is 5.53. The zero-order chi connectivity index (χ0) is 18.9. The zero-order valence-corrected chi connectivity index (χ0v) is 16.8. The van der Waals surface area contributed by atoms with Crippen molar-refractivity contribution in [3.63, 3.8) is 0 Å². The summed E-state index contributed by atoms with van der Waals surface area (Å²) >= 11 is 3.53. The van der Waals surface area contributed by atoms with Crippen molar-refractivity contribution in [2.24, 2.45) is 0 Å². The molecule has 4 aromatic carbocycles. The van der Waals surface area contributed by atoms with Crippen molar-refractivity contribution in [2.45, 2.75) is 0 Å². The Bertz CT molecular complexity index is 1720. The van der Waals surface area contributed by atoms with Gasteiger partial charge in [-0.3, -0.25) is 0 Å². The van der Waals surface area contributed by atoms with Gasteiger partial charge in [-0.15, -0.1) is 22.7 Å². The van der Waals surface area contributed by atoms with E-state index < -0.39 is 0 Å². The summed E-state index contributed by atoms with van der Waals surface area (Å²) in [6.45, 7) is 0. The molecule has 4 heteroatoms. The molecule has 0 N–H and O–H groups in total. The normalized spacial score (nSPS) is 12.1. The van der Waals surface area contributed by atoms with E-state index in [4.69, 9.17) is 9.40 Å². The molecule has 0 saturated carbocycles. The third-order valence-corrected chi connectivity index (χ3v) is 7.83. The molecular formula is C25H13NOS2. The standard InChI is InChI=1S/C25H13NOS2/c1-2-7-15-13-21-19(12-14(15)6-1)23-25(28-21)26-24(29-23)18-10-5-9-17-16-8-3-4-11-20(16)27-22(17)18/h1-13H. The molecule has 2 nitrogen and oxygen atoms in total. The highest BCUT2D eigenvalue weighted by atomic mass is 32.1. The summed E-state index contributed by atoms with van der Waals surface area (Å²) in [7, 11) is 0. The van der Waals surface area contributed by atoms with Gasteiger partial charge in [0.1, 0.15) is 21.0 Å². The van der Waals surface area contributed by atoms with Crippen LogP contribution in [0.4, 0.5) is 0 Å². The Morgan fingerprint density at radius 2 is 1.48 bits per heavy atom. The maximum atomic E-state index is 6.23. The van der Waals surface area contributed by atoms with E-state index in [2.05, 4.69) is 66.7 Å². The van der Waals surface area contributed by atoms with E-state index in [9.17, 15) is 0 Å². The molecule has 136 valence electrons. The van der Waals surface area contributed by atoms with Crippen LogP contribution in [-0.2, 0) is 0 Å². The highest BCUT2D eigenvalue weighted by molar-refractivity contribution is 7.33. The number of furan rings is 1. The van der Waals surface area contributed by atoms with Gasteiger partial charge in [0, 0.05) is 20.9 Å². The SMILES string of the molecule is c1ccc2cc3c(cc2c1)sc1nc(-c2cccc4c2oc2ccccc24)sc13. The highest BCUT2D eigenvalue weighted by Crippen LogP contribution is 2.44. The molecule has 0 saturated heterocycles. The monoisotopic (exact) mass is 407 g/mol. The van der Waals surface area contributed by atoms with Crippen LogP contribution in [0.3, 0.4) is 0 Å². The molecule has 0 unspecified atom stereocenters. The largest absolute Gasteiger partial charge is 0.455 e. The molecule has 0 spiro atoms. The van der Waals surface area contributed by atoms with Gasteiger partial charge in [-0.2, -0.15) is 0 Å². The van der Waals surface area contributed by atoms with E-state index in [0.29, 0.717) is 0 Å². The maximum Gasteiger partial charge on any atom is 0.145 e. The van der Waals surface area contributed by atoms with E-state index in [1.54, 1.807) is 22.7 Å². The number of fused-ring (bicyclic) bond motifs is 7. The van der Waals surface area contributed by atoms with Crippen molar-refractivity contribution in [3.8, 4) is 10.6 Å². The number of rotatable bonds is 1. The average molecular weight is 408 g/mol. The van der Waals surface area contributed by atoms with Gasteiger partial charge >= 0.3 is 0 Å². The van der Waals surface area contributed by atoms with Gasteiger partial charge in [-0.1, -0.05) is 54.6 Å². The fourth-order valence-electron chi connectivity index (χ4n) is 4.16. The summed E-state index contributed by atoms with van der Waals surface area (Å²) in [6, 6.07) is 27.7. The number of hydrogen-bond donors (Lipinski definition) is 0. The maximum absolute atomic E-state index is 6.23. The van der Waals surface area contributed by atoms with Crippen LogP contribution in [0.2, 0.25) is 0 Å². The first-order valence-corrected chi connectivity index (χ1v) is 11.1. The number of aromatic nitrogens is 1. The van der Waals surface area contributed by atoms with Gasteiger partial charge in [-0.25, -0.2) is 4.98 Å². The molecule has 3 heterocycles. The number of hydrogen-bond acceptors (Lipinski definition) is 4. The zero-order valence-electron chi connectivity index (χ0n) is 15.2. The number of thiophene rings is 1.